The molecule has 0 fully saturated rings. The molecule has 0 nitrogen and oxygen atoms in total. The number of benzene rings is 4. The molecule has 21 heavy (non-hydrogen) atoms. The molecule has 0 aromatic heterocycles. The summed E-state index contributed by atoms with van der Waals surface area (Å²) < 4.78 is 0. The Morgan fingerprint density at radius 1 is 0.524 bits per heavy atom. The van der Waals surface area contributed by atoms with E-state index in [4.69, 9.17) is 0 Å². The van der Waals surface area contributed by atoms with Gasteiger partial charge in [-0.15, -0.1) is 0 Å². The molecule has 0 heteroatoms. The van der Waals surface area contributed by atoms with E-state index in [0.717, 1.165) is 6.42 Å². The average Bonchev–Trinajstić information content (AvgIpc) is 2.90. The highest BCUT2D eigenvalue weighted by Gasteiger charge is 2.18. The van der Waals surface area contributed by atoms with Gasteiger partial charge < -0.3 is 0 Å². The van der Waals surface area contributed by atoms with Gasteiger partial charge in [0.15, 0.2) is 0 Å². The maximum atomic E-state index is 2.40. The summed E-state index contributed by atoms with van der Waals surface area (Å²) in [6.07, 6.45) is 1.06. The summed E-state index contributed by atoms with van der Waals surface area (Å²) in [5, 5.41) is 5.39. The molecule has 0 spiro atoms. The molecule has 0 heterocycles. The zero-order valence-electron chi connectivity index (χ0n) is 11.6. The maximum Gasteiger partial charge on any atom is -0.00132 e. The normalized spacial score (nSPS) is 12.6. The molecule has 98 valence electrons. The van der Waals surface area contributed by atoms with E-state index in [1.807, 2.05) is 0 Å². The van der Waals surface area contributed by atoms with Crippen molar-refractivity contribution >= 4 is 21.5 Å². The van der Waals surface area contributed by atoms with Crippen molar-refractivity contribution in [3.8, 4) is 11.1 Å². The van der Waals surface area contributed by atoms with E-state index < -0.39 is 0 Å². The van der Waals surface area contributed by atoms with Gasteiger partial charge in [0.1, 0.15) is 0 Å². The van der Waals surface area contributed by atoms with Crippen LogP contribution in [0.3, 0.4) is 0 Å². The molecule has 4 aromatic rings. The summed E-state index contributed by atoms with van der Waals surface area (Å²) in [7, 11) is 0. The first-order valence-electron chi connectivity index (χ1n) is 7.43. The van der Waals surface area contributed by atoms with Gasteiger partial charge in [-0.05, 0) is 62.4 Å². The van der Waals surface area contributed by atoms with Gasteiger partial charge in [0, 0.05) is 0 Å². The molecule has 0 bridgehead atoms. The predicted molar refractivity (Wildman–Crippen MR) is 89.7 cm³/mol. The van der Waals surface area contributed by atoms with Crippen molar-refractivity contribution in [3.63, 3.8) is 0 Å². The number of hydrogen-bond donors (Lipinski definition) is 0. The first-order valence-corrected chi connectivity index (χ1v) is 7.43. The Kier molecular flexibility index (Phi) is 2.09. The van der Waals surface area contributed by atoms with Crippen LogP contribution in [-0.4, -0.2) is 0 Å². The lowest BCUT2D eigenvalue weighted by Crippen LogP contribution is -1.83. The van der Waals surface area contributed by atoms with Gasteiger partial charge in [-0.3, -0.25) is 0 Å². The molecule has 0 aliphatic heterocycles. The Bertz CT molecular complexity index is 1010. The van der Waals surface area contributed by atoms with E-state index in [1.54, 1.807) is 0 Å². The highest BCUT2D eigenvalue weighted by atomic mass is 14.2. The summed E-state index contributed by atoms with van der Waals surface area (Å²) in [6.45, 7) is 0. The fourth-order valence-corrected chi connectivity index (χ4v) is 3.64. The van der Waals surface area contributed by atoms with Crippen molar-refractivity contribution in [2.24, 2.45) is 0 Å². The molecule has 1 aliphatic rings. The van der Waals surface area contributed by atoms with Crippen molar-refractivity contribution in [1.82, 2.24) is 0 Å². The minimum Gasteiger partial charge on any atom is -0.0619 e. The van der Waals surface area contributed by atoms with Crippen LogP contribution in [0.5, 0.6) is 0 Å². The van der Waals surface area contributed by atoms with Gasteiger partial charge in [-0.1, -0.05) is 60.7 Å². The Hall–Kier alpha value is -2.60. The van der Waals surface area contributed by atoms with Gasteiger partial charge in [0.05, 0.1) is 0 Å². The lowest BCUT2D eigenvalue weighted by Gasteiger charge is -2.07. The van der Waals surface area contributed by atoms with Crippen molar-refractivity contribution in [1.29, 1.82) is 0 Å². The van der Waals surface area contributed by atoms with E-state index in [2.05, 4.69) is 72.8 Å². The van der Waals surface area contributed by atoms with E-state index in [-0.39, 0.29) is 0 Å². The minimum atomic E-state index is 1.06. The van der Waals surface area contributed by atoms with Crippen molar-refractivity contribution in [3.05, 3.63) is 83.9 Å². The van der Waals surface area contributed by atoms with E-state index in [1.165, 1.54) is 43.8 Å². The minimum absolute atomic E-state index is 1.06. The van der Waals surface area contributed by atoms with Crippen LogP contribution in [0.4, 0.5) is 0 Å². The van der Waals surface area contributed by atoms with Crippen LogP contribution in [0.25, 0.3) is 32.7 Å². The van der Waals surface area contributed by atoms with Crippen LogP contribution >= 0.6 is 0 Å². The van der Waals surface area contributed by atoms with Crippen LogP contribution in [0, 0.1) is 0 Å². The molecule has 4 aromatic carbocycles. The molecule has 5 rings (SSSR count). The first kappa shape index (κ1) is 11.1. The van der Waals surface area contributed by atoms with Crippen LogP contribution in [-0.2, 0) is 6.42 Å². The van der Waals surface area contributed by atoms with Gasteiger partial charge in [0.2, 0.25) is 0 Å². The summed E-state index contributed by atoms with van der Waals surface area (Å²) in [5.41, 5.74) is 5.73. The second-order valence-electron chi connectivity index (χ2n) is 5.85. The quantitative estimate of drug-likeness (QED) is 0.322. The Balaban J connectivity index is 1.89. The summed E-state index contributed by atoms with van der Waals surface area (Å²) in [6, 6.07) is 26.7. The van der Waals surface area contributed by atoms with Crippen molar-refractivity contribution in [2.45, 2.75) is 6.42 Å². The van der Waals surface area contributed by atoms with Gasteiger partial charge in [-0.2, -0.15) is 0 Å². The van der Waals surface area contributed by atoms with E-state index in [9.17, 15) is 0 Å². The third-order valence-corrected chi connectivity index (χ3v) is 4.66. The molecule has 1 aliphatic carbocycles. The first-order chi connectivity index (χ1) is 10.4. The van der Waals surface area contributed by atoms with Gasteiger partial charge in [0.25, 0.3) is 0 Å². The molecular formula is C21H14. The van der Waals surface area contributed by atoms with Gasteiger partial charge in [-0.25, -0.2) is 0 Å². The predicted octanol–water partition coefficient (Wildman–Crippen LogP) is 5.56. The smallest absolute Gasteiger partial charge is 0.00132 e. The van der Waals surface area contributed by atoms with Crippen LogP contribution in [0.1, 0.15) is 11.1 Å². The molecular weight excluding hydrogens is 252 g/mol. The summed E-state index contributed by atoms with van der Waals surface area (Å²) >= 11 is 0. The zero-order chi connectivity index (χ0) is 13.8. The summed E-state index contributed by atoms with van der Waals surface area (Å²) in [5.74, 6) is 0. The topological polar surface area (TPSA) is 0 Å². The molecule has 0 radical (unpaired) electrons. The fourth-order valence-electron chi connectivity index (χ4n) is 3.64. The number of hydrogen-bond acceptors (Lipinski definition) is 0. The Morgan fingerprint density at radius 3 is 2.33 bits per heavy atom. The average molecular weight is 266 g/mol. The largest absolute Gasteiger partial charge is 0.0619 e. The standard InChI is InChI=1S/C21H14/c1-3-7-18-14(5-1)9-10-16-12-21-17(13-20(16)18)11-15-6-2-4-8-19(15)21/h1-10,12-13H,11H2. The second kappa shape index (κ2) is 3.95. The third kappa shape index (κ3) is 1.50. The van der Waals surface area contributed by atoms with Gasteiger partial charge >= 0.3 is 0 Å². The number of rotatable bonds is 0. The van der Waals surface area contributed by atoms with E-state index in [0.29, 0.717) is 0 Å². The zero-order valence-corrected chi connectivity index (χ0v) is 11.6. The lowest BCUT2D eigenvalue weighted by atomic mass is 9.96. The third-order valence-electron chi connectivity index (χ3n) is 4.66. The monoisotopic (exact) mass is 266 g/mol. The Morgan fingerprint density at radius 2 is 1.33 bits per heavy atom. The summed E-state index contributed by atoms with van der Waals surface area (Å²) in [4.78, 5) is 0. The molecule has 0 amide bonds. The molecule has 0 saturated carbocycles. The maximum absolute atomic E-state index is 2.40. The van der Waals surface area contributed by atoms with Crippen molar-refractivity contribution < 1.29 is 0 Å². The van der Waals surface area contributed by atoms with Crippen LogP contribution in [0.15, 0.2) is 72.8 Å². The highest BCUT2D eigenvalue weighted by Crippen LogP contribution is 2.40. The molecule has 0 atom stereocenters. The molecule has 0 saturated heterocycles. The molecule has 0 unspecified atom stereocenters. The number of fused-ring (bicyclic) bond motifs is 6. The highest BCUT2D eigenvalue weighted by molar-refractivity contribution is 6.09. The van der Waals surface area contributed by atoms with E-state index >= 15 is 0 Å². The van der Waals surface area contributed by atoms with Crippen LogP contribution in [0.2, 0.25) is 0 Å². The van der Waals surface area contributed by atoms with Crippen LogP contribution < -0.4 is 0 Å². The SMILES string of the molecule is c1ccc2c(c1)Cc1cc3c(ccc4ccccc43)cc1-2. The fraction of sp³-hybridized carbons (Fsp3) is 0.0476. The molecule has 0 N–H and O–H groups in total. The second-order valence-corrected chi connectivity index (χ2v) is 5.85. The lowest BCUT2D eigenvalue weighted by molar-refractivity contribution is 1.27. The Labute approximate surface area is 123 Å². The van der Waals surface area contributed by atoms with Crippen molar-refractivity contribution in [2.75, 3.05) is 0 Å².